The van der Waals surface area contributed by atoms with E-state index in [4.69, 9.17) is 26.8 Å². The fraction of sp³-hybridized carbons (Fsp3) is 0.231. The Morgan fingerprint density at radius 2 is 2.06 bits per heavy atom. The number of allylic oxidation sites excluding steroid dienone is 1. The van der Waals surface area contributed by atoms with Crippen molar-refractivity contribution in [3.8, 4) is 17.7 Å². The molecule has 1 aliphatic rings. The number of fused-ring (bicyclic) bond motifs is 2. The zero-order valence-corrected chi connectivity index (χ0v) is 19.7. The number of para-hydroxylation sites is 1. The summed E-state index contributed by atoms with van der Waals surface area (Å²) in [6.45, 7) is 5.18. The van der Waals surface area contributed by atoms with Gasteiger partial charge in [-0.2, -0.15) is 5.26 Å². The molecule has 1 atom stereocenters. The van der Waals surface area contributed by atoms with Crippen molar-refractivity contribution in [3.05, 3.63) is 87.5 Å². The number of benzene rings is 2. The van der Waals surface area contributed by atoms with Crippen LogP contribution in [0.2, 0.25) is 5.02 Å². The van der Waals surface area contributed by atoms with Gasteiger partial charge in [0.1, 0.15) is 24.0 Å². The van der Waals surface area contributed by atoms with Crippen molar-refractivity contribution in [3.63, 3.8) is 0 Å². The van der Waals surface area contributed by atoms with E-state index in [0.717, 1.165) is 39.9 Å². The van der Waals surface area contributed by atoms with Crippen LogP contribution in [-0.4, -0.2) is 21.4 Å². The Morgan fingerprint density at radius 1 is 1.26 bits per heavy atom. The zero-order valence-electron chi connectivity index (χ0n) is 18.9. The van der Waals surface area contributed by atoms with E-state index in [2.05, 4.69) is 52.2 Å². The number of hydrogen-bond acceptors (Lipinski definition) is 5. The predicted octanol–water partition coefficient (Wildman–Crippen LogP) is 5.19. The summed E-state index contributed by atoms with van der Waals surface area (Å²) in [7, 11) is 0. The average Bonchev–Trinajstić information content (AvgIpc) is 3.40. The number of halogens is 1. The molecule has 3 heterocycles. The summed E-state index contributed by atoms with van der Waals surface area (Å²) < 4.78 is 13.8. The lowest BCUT2D eigenvalue weighted by Crippen LogP contribution is -2.21. The Balaban J connectivity index is 1.59. The fourth-order valence-corrected chi connectivity index (χ4v) is 4.79. The standard InChI is InChI=1S/C26H24ClN5O2/c1-3-16-5-4-6-19-21(23-20(13-28)25(29)34-26-22(23)15(2)30-31-26)14-32(24(16)19)11-12-33-18-9-7-17(27)8-10-18/h4-10,14,23H,3,11-12,29H2,1-2H3,(H,30,31). The second-order valence-corrected chi connectivity index (χ2v) is 8.68. The number of nitrogens with one attached hydrogen (secondary N) is 1. The largest absolute Gasteiger partial charge is 0.492 e. The first kappa shape index (κ1) is 21.9. The van der Waals surface area contributed by atoms with Gasteiger partial charge in [-0.05, 0) is 48.7 Å². The number of aryl methyl sites for hydroxylation is 2. The van der Waals surface area contributed by atoms with Crippen molar-refractivity contribution in [1.82, 2.24) is 14.8 Å². The van der Waals surface area contributed by atoms with Gasteiger partial charge < -0.3 is 19.8 Å². The van der Waals surface area contributed by atoms with Gasteiger partial charge in [-0.1, -0.05) is 36.7 Å². The van der Waals surface area contributed by atoms with Crippen LogP contribution in [0.3, 0.4) is 0 Å². The van der Waals surface area contributed by atoms with Crippen LogP contribution in [0.4, 0.5) is 0 Å². The van der Waals surface area contributed by atoms with E-state index in [-0.39, 0.29) is 11.8 Å². The van der Waals surface area contributed by atoms with E-state index in [1.54, 1.807) is 0 Å². The van der Waals surface area contributed by atoms with Gasteiger partial charge in [-0.15, -0.1) is 5.10 Å². The van der Waals surface area contributed by atoms with Crippen LogP contribution in [0.5, 0.6) is 11.6 Å². The molecule has 0 radical (unpaired) electrons. The van der Waals surface area contributed by atoms with Gasteiger partial charge in [0, 0.05) is 27.9 Å². The van der Waals surface area contributed by atoms with Crippen molar-refractivity contribution < 1.29 is 9.47 Å². The summed E-state index contributed by atoms with van der Waals surface area (Å²) in [5.41, 5.74) is 11.6. The van der Waals surface area contributed by atoms with Crippen LogP contribution in [-0.2, 0) is 13.0 Å². The SMILES string of the molecule is CCc1cccc2c(C3C(C#N)=C(N)Oc4n[nH]c(C)c43)cn(CCOc3ccc(Cl)cc3)c12. The third-order valence-corrected chi connectivity index (χ3v) is 6.50. The van der Waals surface area contributed by atoms with E-state index < -0.39 is 0 Å². The Hall–Kier alpha value is -3.89. The molecule has 0 saturated heterocycles. The quantitative estimate of drug-likeness (QED) is 0.401. The molecule has 4 aromatic rings. The molecule has 0 spiro atoms. The van der Waals surface area contributed by atoms with Crippen LogP contribution in [0, 0.1) is 18.3 Å². The van der Waals surface area contributed by atoms with Crippen molar-refractivity contribution in [2.75, 3.05) is 6.61 Å². The van der Waals surface area contributed by atoms with Crippen LogP contribution in [0.15, 0.2) is 60.1 Å². The predicted molar refractivity (Wildman–Crippen MR) is 131 cm³/mol. The number of ether oxygens (including phenoxy) is 2. The molecule has 1 aliphatic heterocycles. The molecule has 0 fully saturated rings. The lowest BCUT2D eigenvalue weighted by atomic mass is 9.84. The van der Waals surface area contributed by atoms with Gasteiger partial charge in [0.2, 0.25) is 11.8 Å². The highest BCUT2D eigenvalue weighted by atomic mass is 35.5. The first-order chi connectivity index (χ1) is 16.5. The molecule has 1 unspecified atom stereocenters. The van der Waals surface area contributed by atoms with E-state index in [1.165, 1.54) is 5.56 Å². The van der Waals surface area contributed by atoms with Crippen LogP contribution in [0.25, 0.3) is 10.9 Å². The molecule has 0 aliphatic carbocycles. The molecule has 34 heavy (non-hydrogen) atoms. The van der Waals surface area contributed by atoms with Crippen molar-refractivity contribution in [2.45, 2.75) is 32.7 Å². The lowest BCUT2D eigenvalue weighted by Gasteiger charge is -2.23. The van der Waals surface area contributed by atoms with Gasteiger partial charge in [0.05, 0.1) is 18.0 Å². The number of aromatic nitrogens is 3. The minimum absolute atomic E-state index is 0.0881. The number of rotatable bonds is 6. The summed E-state index contributed by atoms with van der Waals surface area (Å²) in [6, 6.07) is 15.9. The maximum atomic E-state index is 9.98. The Bertz CT molecular complexity index is 1440. The van der Waals surface area contributed by atoms with E-state index >= 15 is 0 Å². The summed E-state index contributed by atoms with van der Waals surface area (Å²) in [4.78, 5) is 0. The average molecular weight is 474 g/mol. The van der Waals surface area contributed by atoms with Crippen molar-refractivity contribution in [2.24, 2.45) is 5.73 Å². The second kappa shape index (κ2) is 8.81. The molecule has 5 rings (SSSR count). The number of nitrogens with zero attached hydrogens (tertiary/aromatic N) is 3. The topological polar surface area (TPSA) is 102 Å². The number of aromatic amines is 1. The third-order valence-electron chi connectivity index (χ3n) is 6.25. The maximum Gasteiger partial charge on any atom is 0.244 e. The molecule has 0 amide bonds. The molecule has 7 nitrogen and oxygen atoms in total. The highest BCUT2D eigenvalue weighted by molar-refractivity contribution is 6.30. The molecule has 172 valence electrons. The molecule has 8 heteroatoms. The monoisotopic (exact) mass is 473 g/mol. The van der Waals surface area contributed by atoms with Gasteiger partial charge in [0.15, 0.2) is 0 Å². The normalized spacial score (nSPS) is 15.2. The lowest BCUT2D eigenvalue weighted by molar-refractivity contribution is 0.300. The number of nitriles is 1. The first-order valence-electron chi connectivity index (χ1n) is 11.1. The minimum Gasteiger partial charge on any atom is -0.492 e. The smallest absolute Gasteiger partial charge is 0.244 e. The number of hydrogen-bond donors (Lipinski definition) is 2. The first-order valence-corrected chi connectivity index (χ1v) is 11.5. The van der Waals surface area contributed by atoms with E-state index in [9.17, 15) is 5.26 Å². The van der Waals surface area contributed by atoms with Crippen LogP contribution in [0.1, 0.15) is 35.2 Å². The number of nitrogens with two attached hydrogens (primary N) is 1. The zero-order chi connectivity index (χ0) is 23.8. The molecule has 0 bridgehead atoms. The Labute approximate surface area is 202 Å². The Morgan fingerprint density at radius 3 is 2.79 bits per heavy atom. The van der Waals surface area contributed by atoms with E-state index in [0.29, 0.717) is 29.6 Å². The number of H-pyrrole nitrogens is 1. The minimum atomic E-state index is -0.375. The summed E-state index contributed by atoms with van der Waals surface area (Å²) >= 11 is 5.98. The van der Waals surface area contributed by atoms with Crippen molar-refractivity contribution >= 4 is 22.5 Å². The summed E-state index contributed by atoms with van der Waals surface area (Å²) in [5.74, 6) is 0.894. The maximum absolute atomic E-state index is 9.98. The Kier molecular flexibility index (Phi) is 5.68. The van der Waals surface area contributed by atoms with Gasteiger partial charge >= 0.3 is 0 Å². The second-order valence-electron chi connectivity index (χ2n) is 8.24. The fourth-order valence-electron chi connectivity index (χ4n) is 4.66. The van der Waals surface area contributed by atoms with E-state index in [1.807, 2.05) is 31.2 Å². The molecule has 2 aromatic heterocycles. The molecule has 2 aromatic carbocycles. The highest BCUT2D eigenvalue weighted by Gasteiger charge is 2.36. The van der Waals surface area contributed by atoms with Crippen LogP contribution >= 0.6 is 11.6 Å². The molecular formula is C26H24ClN5O2. The van der Waals surface area contributed by atoms with Gasteiger partial charge in [0.25, 0.3) is 0 Å². The third kappa shape index (κ3) is 3.66. The van der Waals surface area contributed by atoms with Gasteiger partial charge in [-0.25, -0.2) is 0 Å². The van der Waals surface area contributed by atoms with Crippen LogP contribution < -0.4 is 15.2 Å². The van der Waals surface area contributed by atoms with Crippen molar-refractivity contribution in [1.29, 1.82) is 5.26 Å². The molecular weight excluding hydrogens is 450 g/mol. The highest BCUT2D eigenvalue weighted by Crippen LogP contribution is 2.45. The van der Waals surface area contributed by atoms with Gasteiger partial charge in [-0.3, -0.25) is 5.10 Å². The molecule has 0 saturated carbocycles. The summed E-state index contributed by atoms with van der Waals surface area (Å²) in [5, 5.41) is 19.0. The molecule has 3 N–H and O–H groups in total. The summed E-state index contributed by atoms with van der Waals surface area (Å²) in [6.07, 6.45) is 2.98.